The summed E-state index contributed by atoms with van der Waals surface area (Å²) in [4.78, 5) is 7.53. The smallest absolute Gasteiger partial charge is 0.401 e. The van der Waals surface area contributed by atoms with Gasteiger partial charge in [0, 0.05) is 38.3 Å². The summed E-state index contributed by atoms with van der Waals surface area (Å²) in [6.07, 6.45) is -4.20. The van der Waals surface area contributed by atoms with Crippen molar-refractivity contribution in [3.8, 4) is 11.5 Å². The van der Waals surface area contributed by atoms with Crippen LogP contribution in [-0.4, -0.2) is 76.4 Å². The number of likely N-dealkylation sites (N-methyl/N-ethyl adjacent to an activating group) is 1. The molecule has 154 valence electrons. The van der Waals surface area contributed by atoms with Gasteiger partial charge in [0.05, 0.1) is 27.3 Å². The molecule has 0 aliphatic heterocycles. The van der Waals surface area contributed by atoms with E-state index in [1.165, 1.54) is 11.9 Å². The summed E-state index contributed by atoms with van der Waals surface area (Å²) in [5.74, 6) is 2.02. The van der Waals surface area contributed by atoms with Crippen LogP contribution < -0.4 is 14.8 Å². The van der Waals surface area contributed by atoms with Crippen LogP contribution in [0.4, 0.5) is 13.2 Å². The molecular weight excluding hydrogens is 361 g/mol. The molecule has 1 rings (SSSR count). The van der Waals surface area contributed by atoms with Crippen molar-refractivity contribution in [1.29, 1.82) is 0 Å². The third-order valence-corrected chi connectivity index (χ3v) is 3.79. The van der Waals surface area contributed by atoms with Crippen LogP contribution in [0.2, 0.25) is 0 Å². The van der Waals surface area contributed by atoms with Gasteiger partial charge in [-0.05, 0) is 26.1 Å². The molecule has 0 saturated heterocycles. The molecule has 0 spiro atoms. The minimum Gasteiger partial charge on any atom is -0.497 e. The van der Waals surface area contributed by atoms with Crippen molar-refractivity contribution in [2.75, 3.05) is 54.5 Å². The Bertz CT molecular complexity index is 609. The number of halogens is 3. The van der Waals surface area contributed by atoms with Crippen LogP contribution >= 0.6 is 0 Å². The van der Waals surface area contributed by atoms with Crippen LogP contribution in [0.25, 0.3) is 0 Å². The lowest BCUT2D eigenvalue weighted by molar-refractivity contribution is -0.142. The lowest BCUT2D eigenvalue weighted by atomic mass is 10.2. The quantitative estimate of drug-likeness (QED) is 0.519. The fourth-order valence-electron chi connectivity index (χ4n) is 2.49. The van der Waals surface area contributed by atoms with Crippen LogP contribution in [-0.2, 0) is 6.54 Å². The number of guanidine groups is 1. The van der Waals surface area contributed by atoms with Crippen molar-refractivity contribution in [2.24, 2.45) is 4.99 Å². The topological polar surface area (TPSA) is 49.3 Å². The molecular formula is C18H29F3N4O2. The fraction of sp³-hybridized carbons (Fsp3) is 0.611. The van der Waals surface area contributed by atoms with Gasteiger partial charge < -0.3 is 19.7 Å². The maximum absolute atomic E-state index is 12.4. The molecule has 9 heteroatoms. The zero-order valence-electron chi connectivity index (χ0n) is 16.6. The van der Waals surface area contributed by atoms with Crippen molar-refractivity contribution < 1.29 is 22.6 Å². The second kappa shape index (κ2) is 10.9. The highest BCUT2D eigenvalue weighted by atomic mass is 19.4. The molecule has 0 aliphatic rings. The lowest BCUT2D eigenvalue weighted by Crippen LogP contribution is -2.39. The Morgan fingerprint density at radius 3 is 2.44 bits per heavy atom. The Labute approximate surface area is 158 Å². The number of hydrogen-bond acceptors (Lipinski definition) is 4. The molecule has 0 radical (unpaired) electrons. The second-order valence-corrected chi connectivity index (χ2v) is 6.12. The minimum atomic E-state index is -4.20. The molecule has 0 aromatic heterocycles. The number of alkyl halides is 3. The third-order valence-electron chi connectivity index (χ3n) is 3.79. The normalized spacial score (nSPS) is 12.3. The predicted octanol–water partition coefficient (Wildman–Crippen LogP) is 2.60. The molecule has 0 unspecified atom stereocenters. The molecule has 0 heterocycles. The third kappa shape index (κ3) is 8.38. The Hall–Kier alpha value is -2.16. The molecule has 1 N–H and O–H groups in total. The van der Waals surface area contributed by atoms with E-state index in [0.29, 0.717) is 30.5 Å². The van der Waals surface area contributed by atoms with E-state index in [4.69, 9.17) is 9.47 Å². The van der Waals surface area contributed by atoms with Crippen molar-refractivity contribution in [2.45, 2.75) is 19.6 Å². The first-order chi connectivity index (χ1) is 12.7. The molecule has 1 aromatic rings. The van der Waals surface area contributed by atoms with Gasteiger partial charge in [0.25, 0.3) is 0 Å². The molecule has 1 aromatic carbocycles. The Kier molecular flexibility index (Phi) is 9.20. The van der Waals surface area contributed by atoms with Gasteiger partial charge in [0.2, 0.25) is 0 Å². The van der Waals surface area contributed by atoms with E-state index in [1.54, 1.807) is 20.3 Å². The standard InChI is InChI=1S/C18H29F3N4O2/c1-6-22-17(23-9-10-24(2)13-18(19,20)21)25(3)12-14-7-8-15(26-4)11-16(14)27-5/h7-8,11H,6,9-10,12-13H2,1-5H3,(H,22,23). The minimum absolute atomic E-state index is 0.216. The van der Waals surface area contributed by atoms with E-state index in [9.17, 15) is 13.2 Å². The van der Waals surface area contributed by atoms with Crippen LogP contribution in [0, 0.1) is 0 Å². The zero-order chi connectivity index (χ0) is 20.4. The summed E-state index contributed by atoms with van der Waals surface area (Å²) in [5, 5.41) is 3.15. The number of ether oxygens (including phenoxy) is 2. The number of nitrogens with one attached hydrogen (secondary N) is 1. The SMILES string of the molecule is CCNC(=NCCN(C)CC(F)(F)F)N(C)Cc1ccc(OC)cc1OC. The van der Waals surface area contributed by atoms with Gasteiger partial charge in [-0.3, -0.25) is 9.89 Å². The van der Waals surface area contributed by atoms with E-state index in [0.717, 1.165) is 5.56 Å². The molecule has 6 nitrogen and oxygen atoms in total. The molecule has 0 amide bonds. The Balaban J connectivity index is 2.76. The monoisotopic (exact) mass is 390 g/mol. The molecule has 27 heavy (non-hydrogen) atoms. The molecule has 0 saturated carbocycles. The van der Waals surface area contributed by atoms with E-state index in [1.807, 2.05) is 31.0 Å². The highest BCUT2D eigenvalue weighted by Gasteiger charge is 2.28. The summed E-state index contributed by atoms with van der Waals surface area (Å²) in [5.41, 5.74) is 0.945. The van der Waals surface area contributed by atoms with E-state index in [-0.39, 0.29) is 13.1 Å². The summed E-state index contributed by atoms with van der Waals surface area (Å²) in [6.45, 7) is 2.65. The van der Waals surface area contributed by atoms with Crippen LogP contribution in [0.3, 0.4) is 0 Å². The zero-order valence-corrected chi connectivity index (χ0v) is 16.6. The van der Waals surface area contributed by atoms with Crippen molar-refractivity contribution in [1.82, 2.24) is 15.1 Å². The Morgan fingerprint density at radius 2 is 1.89 bits per heavy atom. The Morgan fingerprint density at radius 1 is 1.19 bits per heavy atom. The second-order valence-electron chi connectivity index (χ2n) is 6.12. The summed E-state index contributed by atoms with van der Waals surface area (Å²) >= 11 is 0. The summed E-state index contributed by atoms with van der Waals surface area (Å²) in [6, 6.07) is 5.57. The lowest BCUT2D eigenvalue weighted by Gasteiger charge is -2.24. The molecule has 0 aliphatic carbocycles. The van der Waals surface area contributed by atoms with E-state index in [2.05, 4.69) is 10.3 Å². The highest BCUT2D eigenvalue weighted by Crippen LogP contribution is 2.25. The van der Waals surface area contributed by atoms with Crippen LogP contribution in [0.1, 0.15) is 12.5 Å². The number of hydrogen-bond donors (Lipinski definition) is 1. The first kappa shape index (κ1) is 22.9. The number of rotatable bonds is 9. The number of benzene rings is 1. The average molecular weight is 390 g/mol. The fourth-order valence-corrected chi connectivity index (χ4v) is 2.49. The van der Waals surface area contributed by atoms with E-state index >= 15 is 0 Å². The van der Waals surface area contributed by atoms with Gasteiger partial charge in [0.1, 0.15) is 11.5 Å². The van der Waals surface area contributed by atoms with Gasteiger partial charge in [-0.2, -0.15) is 13.2 Å². The summed E-state index contributed by atoms with van der Waals surface area (Å²) in [7, 11) is 6.48. The van der Waals surface area contributed by atoms with Gasteiger partial charge in [-0.15, -0.1) is 0 Å². The largest absolute Gasteiger partial charge is 0.497 e. The first-order valence-corrected chi connectivity index (χ1v) is 8.65. The first-order valence-electron chi connectivity index (χ1n) is 8.65. The molecule has 0 atom stereocenters. The van der Waals surface area contributed by atoms with Crippen LogP contribution in [0.5, 0.6) is 11.5 Å². The van der Waals surface area contributed by atoms with Gasteiger partial charge in [-0.25, -0.2) is 0 Å². The van der Waals surface area contributed by atoms with Crippen molar-refractivity contribution >= 4 is 5.96 Å². The van der Waals surface area contributed by atoms with Crippen LogP contribution in [0.15, 0.2) is 23.2 Å². The molecule has 0 fully saturated rings. The van der Waals surface area contributed by atoms with Gasteiger partial charge in [0.15, 0.2) is 5.96 Å². The average Bonchev–Trinajstić information content (AvgIpc) is 2.59. The summed E-state index contributed by atoms with van der Waals surface area (Å²) < 4.78 is 47.8. The van der Waals surface area contributed by atoms with Crippen molar-refractivity contribution in [3.05, 3.63) is 23.8 Å². The molecule has 0 bridgehead atoms. The van der Waals surface area contributed by atoms with E-state index < -0.39 is 12.7 Å². The maximum Gasteiger partial charge on any atom is 0.401 e. The number of aliphatic imine (C=N–C) groups is 1. The number of nitrogens with zero attached hydrogens (tertiary/aromatic N) is 3. The highest BCUT2D eigenvalue weighted by molar-refractivity contribution is 5.79. The van der Waals surface area contributed by atoms with Crippen molar-refractivity contribution in [3.63, 3.8) is 0 Å². The number of methoxy groups -OCH3 is 2. The van der Waals surface area contributed by atoms with Gasteiger partial charge >= 0.3 is 6.18 Å². The predicted molar refractivity (Wildman–Crippen MR) is 101 cm³/mol. The maximum atomic E-state index is 12.4. The van der Waals surface area contributed by atoms with Gasteiger partial charge in [-0.1, -0.05) is 0 Å².